The van der Waals surface area contributed by atoms with Gasteiger partial charge < -0.3 is 5.32 Å². The van der Waals surface area contributed by atoms with E-state index in [1.807, 2.05) is 0 Å². The van der Waals surface area contributed by atoms with Gasteiger partial charge in [-0.2, -0.15) is 10.6 Å². The Labute approximate surface area is 181 Å². The molecule has 1 aliphatic rings. The van der Waals surface area contributed by atoms with Crippen LogP contribution in [-0.2, 0) is 33.7 Å². The molecule has 1 heterocycles. The highest BCUT2D eigenvalue weighted by Crippen LogP contribution is 2.47. The van der Waals surface area contributed by atoms with Crippen molar-refractivity contribution in [2.75, 3.05) is 25.2 Å². The number of rotatable bonds is 7. The number of hydrogen-bond donors (Lipinski definition) is 3. The number of amides is 2. The Morgan fingerprint density at radius 2 is 2.03 bits per heavy atom. The monoisotopic (exact) mass is 453 g/mol. The van der Waals surface area contributed by atoms with Crippen LogP contribution in [0.3, 0.4) is 0 Å². The number of carbonyl (C=O) groups excluding carboxylic acids is 2. The predicted molar refractivity (Wildman–Crippen MR) is 118 cm³/mol. The molecule has 0 bridgehead atoms. The van der Waals surface area contributed by atoms with Gasteiger partial charge in [-0.15, -0.1) is 11.3 Å². The fraction of sp³-hybridized carbons (Fsp3) is 0.450. The number of nitrogens with zero attached hydrogens (tertiary/aromatic N) is 2. The van der Waals surface area contributed by atoms with Crippen LogP contribution >= 0.6 is 21.9 Å². The van der Waals surface area contributed by atoms with Crippen LogP contribution < -0.4 is 5.32 Å². The standard InChI is InChI=1S/C20H27N3O5S2/c1-4-30(26,27)15-8-5-13(6-9-15)11-18(24)22-20-21-16-10-7-14(12-17(16)29-20)19(25)23(2)28-3/h5-6,8-9,14,26-27H,4,7,10-12H2,1-3H3,(H,21,22,24). The van der Waals surface area contributed by atoms with Gasteiger partial charge in [0.25, 0.3) is 0 Å². The van der Waals surface area contributed by atoms with Gasteiger partial charge in [0.15, 0.2) is 5.13 Å². The van der Waals surface area contributed by atoms with E-state index in [1.54, 1.807) is 38.2 Å². The van der Waals surface area contributed by atoms with E-state index in [0.717, 1.165) is 16.1 Å². The van der Waals surface area contributed by atoms with E-state index >= 15 is 0 Å². The Balaban J connectivity index is 1.60. The first-order valence-electron chi connectivity index (χ1n) is 9.68. The molecular formula is C20H27N3O5S2. The van der Waals surface area contributed by atoms with Crippen LogP contribution in [0.4, 0.5) is 5.13 Å². The topological polar surface area (TPSA) is 112 Å². The van der Waals surface area contributed by atoms with Crippen LogP contribution in [0.1, 0.15) is 29.5 Å². The van der Waals surface area contributed by atoms with E-state index in [1.165, 1.54) is 23.5 Å². The summed E-state index contributed by atoms with van der Waals surface area (Å²) >= 11 is 1.41. The molecule has 0 aliphatic heterocycles. The van der Waals surface area contributed by atoms with Crippen LogP contribution in [0.25, 0.3) is 0 Å². The van der Waals surface area contributed by atoms with Gasteiger partial charge in [0.05, 0.1) is 24.1 Å². The van der Waals surface area contributed by atoms with E-state index in [9.17, 15) is 18.7 Å². The van der Waals surface area contributed by atoms with Gasteiger partial charge in [-0.1, -0.05) is 12.1 Å². The summed E-state index contributed by atoms with van der Waals surface area (Å²) < 4.78 is 19.9. The molecule has 0 fully saturated rings. The molecule has 3 N–H and O–H groups in total. The normalized spacial score (nSPS) is 16.6. The number of carbonyl (C=O) groups is 2. The van der Waals surface area contributed by atoms with Crippen LogP contribution in [0, 0.1) is 5.92 Å². The summed E-state index contributed by atoms with van der Waals surface area (Å²) in [5, 5.41) is 4.63. The summed E-state index contributed by atoms with van der Waals surface area (Å²) in [7, 11) is 0.316. The zero-order valence-electron chi connectivity index (χ0n) is 17.3. The number of hydroxylamine groups is 2. The zero-order valence-corrected chi connectivity index (χ0v) is 18.9. The van der Waals surface area contributed by atoms with Gasteiger partial charge in [-0.05, 0) is 43.9 Å². The van der Waals surface area contributed by atoms with Crippen LogP contribution in [0.15, 0.2) is 29.2 Å². The molecule has 0 spiro atoms. The Morgan fingerprint density at radius 1 is 1.33 bits per heavy atom. The van der Waals surface area contributed by atoms with Gasteiger partial charge in [0, 0.05) is 23.6 Å². The Hall–Kier alpha value is -1.98. The van der Waals surface area contributed by atoms with Crippen molar-refractivity contribution in [1.82, 2.24) is 10.0 Å². The molecule has 0 saturated heterocycles. The number of fused-ring (bicyclic) bond motifs is 1. The number of aromatic nitrogens is 1. The minimum absolute atomic E-state index is 0.0507. The number of nitrogens with one attached hydrogen (secondary N) is 1. The van der Waals surface area contributed by atoms with Crippen molar-refractivity contribution >= 4 is 38.9 Å². The van der Waals surface area contributed by atoms with Crippen molar-refractivity contribution in [3.8, 4) is 0 Å². The fourth-order valence-corrected chi connectivity index (χ4v) is 5.34. The average molecular weight is 454 g/mol. The zero-order chi connectivity index (χ0) is 21.9. The molecule has 3 rings (SSSR count). The van der Waals surface area contributed by atoms with E-state index in [0.29, 0.717) is 29.3 Å². The first-order chi connectivity index (χ1) is 14.2. The quantitative estimate of drug-likeness (QED) is 0.553. The Morgan fingerprint density at radius 3 is 2.67 bits per heavy atom. The van der Waals surface area contributed by atoms with Crippen molar-refractivity contribution in [3.63, 3.8) is 0 Å². The van der Waals surface area contributed by atoms with Crippen molar-refractivity contribution in [2.45, 2.75) is 37.5 Å². The lowest BCUT2D eigenvalue weighted by atomic mass is 9.90. The lowest BCUT2D eigenvalue weighted by molar-refractivity contribution is -0.173. The number of benzene rings is 1. The van der Waals surface area contributed by atoms with E-state index in [4.69, 9.17) is 4.84 Å². The maximum absolute atomic E-state index is 12.4. The van der Waals surface area contributed by atoms with Crippen molar-refractivity contribution in [2.24, 2.45) is 5.92 Å². The van der Waals surface area contributed by atoms with Crippen LogP contribution in [0.2, 0.25) is 0 Å². The minimum Gasteiger partial charge on any atom is -0.302 e. The van der Waals surface area contributed by atoms with E-state index < -0.39 is 10.6 Å². The number of aryl methyl sites for hydroxylation is 1. The third-order valence-corrected chi connectivity index (χ3v) is 8.06. The highest BCUT2D eigenvalue weighted by molar-refractivity contribution is 8.24. The third kappa shape index (κ3) is 5.19. The van der Waals surface area contributed by atoms with Gasteiger partial charge in [-0.3, -0.25) is 23.5 Å². The summed E-state index contributed by atoms with van der Waals surface area (Å²) in [5.74, 6) is -0.121. The molecule has 1 aromatic carbocycles. The fourth-order valence-electron chi connectivity index (χ4n) is 3.33. The van der Waals surface area contributed by atoms with E-state index in [2.05, 4.69) is 10.3 Å². The molecule has 1 aliphatic carbocycles. The first-order valence-corrected chi connectivity index (χ1v) is 12.2. The molecule has 164 valence electrons. The largest absolute Gasteiger partial charge is 0.302 e. The molecule has 2 aromatic rings. The van der Waals surface area contributed by atoms with Gasteiger partial charge in [0.1, 0.15) is 0 Å². The summed E-state index contributed by atoms with van der Waals surface area (Å²) in [6.45, 7) is 1.72. The SMILES string of the molecule is CCS(O)(O)c1ccc(CC(=O)Nc2nc3c(s2)CC(C(=O)N(C)OC)CC3)cc1. The summed E-state index contributed by atoms with van der Waals surface area (Å²) in [5.41, 5.74) is 1.71. The van der Waals surface area contributed by atoms with Gasteiger partial charge in [-0.25, -0.2) is 10.0 Å². The van der Waals surface area contributed by atoms with E-state index in [-0.39, 0.29) is 29.9 Å². The maximum Gasteiger partial charge on any atom is 0.249 e. The lowest BCUT2D eigenvalue weighted by Crippen LogP contribution is -2.34. The molecule has 30 heavy (non-hydrogen) atoms. The smallest absolute Gasteiger partial charge is 0.249 e. The third-order valence-electron chi connectivity index (χ3n) is 5.19. The summed E-state index contributed by atoms with van der Waals surface area (Å²) in [6, 6.07) is 6.76. The van der Waals surface area contributed by atoms with Crippen LogP contribution in [-0.4, -0.2) is 50.9 Å². The number of thiazole rings is 1. The molecule has 2 amide bonds. The molecule has 8 nitrogen and oxygen atoms in total. The van der Waals surface area contributed by atoms with Crippen molar-refractivity contribution in [1.29, 1.82) is 0 Å². The summed E-state index contributed by atoms with van der Waals surface area (Å²) in [6.07, 6.45) is 2.16. The van der Waals surface area contributed by atoms with Crippen molar-refractivity contribution in [3.05, 3.63) is 40.4 Å². The molecule has 10 heteroatoms. The number of hydrogen-bond acceptors (Lipinski definition) is 7. The Kier molecular flexibility index (Phi) is 7.14. The molecule has 0 saturated carbocycles. The second-order valence-corrected chi connectivity index (χ2v) is 10.6. The summed E-state index contributed by atoms with van der Waals surface area (Å²) in [4.78, 5) is 35.7. The second kappa shape index (κ2) is 9.44. The Bertz CT molecular complexity index is 914. The van der Waals surface area contributed by atoms with Gasteiger partial charge in [0.2, 0.25) is 11.8 Å². The highest BCUT2D eigenvalue weighted by atomic mass is 32.3. The molecule has 1 atom stereocenters. The van der Waals surface area contributed by atoms with Gasteiger partial charge >= 0.3 is 0 Å². The lowest BCUT2D eigenvalue weighted by Gasteiger charge is -2.30. The molecule has 1 aromatic heterocycles. The van der Waals surface area contributed by atoms with Crippen LogP contribution in [0.5, 0.6) is 0 Å². The maximum atomic E-state index is 12.4. The second-order valence-electron chi connectivity index (χ2n) is 7.17. The van der Waals surface area contributed by atoms with Crippen molar-refractivity contribution < 1.29 is 23.5 Å². The predicted octanol–water partition coefficient (Wildman–Crippen LogP) is 3.58. The molecule has 1 unspecified atom stereocenters. The number of anilines is 1. The minimum atomic E-state index is -2.76. The molecule has 0 radical (unpaired) electrons. The average Bonchev–Trinajstić information content (AvgIpc) is 3.14. The first kappa shape index (κ1) is 22.7. The molecular weight excluding hydrogens is 426 g/mol. The highest BCUT2D eigenvalue weighted by Gasteiger charge is 2.29.